The Labute approximate surface area is 238 Å². The fourth-order valence-corrected chi connectivity index (χ4v) is 5.51. The summed E-state index contributed by atoms with van der Waals surface area (Å²) in [5.41, 5.74) is 1.75. The molecule has 1 amide bonds. The smallest absolute Gasteiger partial charge is 0.341 e. The van der Waals surface area contributed by atoms with E-state index in [1.807, 2.05) is 34.2 Å². The van der Waals surface area contributed by atoms with Crippen molar-refractivity contribution in [2.24, 2.45) is 0 Å². The first-order chi connectivity index (χ1) is 18.9. The number of allylic oxidation sites excluding steroid dienone is 1. The van der Waals surface area contributed by atoms with Crippen molar-refractivity contribution in [3.63, 3.8) is 0 Å². The van der Waals surface area contributed by atoms with E-state index in [9.17, 15) is 9.59 Å². The summed E-state index contributed by atoms with van der Waals surface area (Å²) >= 11 is 8.63. The third-order valence-electron chi connectivity index (χ3n) is 5.47. The second-order valence-electron chi connectivity index (χ2n) is 7.93. The van der Waals surface area contributed by atoms with Gasteiger partial charge in [-0.2, -0.15) is 0 Å². The van der Waals surface area contributed by atoms with Gasteiger partial charge >= 0.3 is 5.97 Å². The Kier molecular flexibility index (Phi) is 9.64. The van der Waals surface area contributed by atoms with Crippen LogP contribution in [0.4, 0.5) is 5.00 Å². The van der Waals surface area contributed by atoms with Crippen LogP contribution in [0.25, 0.3) is 11.1 Å². The zero-order chi connectivity index (χ0) is 27.8. The van der Waals surface area contributed by atoms with Crippen LogP contribution in [0.2, 0.25) is 5.02 Å². The molecule has 0 aliphatic carbocycles. The van der Waals surface area contributed by atoms with Crippen molar-refractivity contribution in [1.82, 2.24) is 14.8 Å². The number of thiophene rings is 1. The first-order valence-electron chi connectivity index (χ1n) is 11.6. The maximum absolute atomic E-state index is 12.9. The lowest BCUT2D eigenvalue weighted by Gasteiger charge is -2.10. The van der Waals surface area contributed by atoms with Gasteiger partial charge in [0.05, 0.1) is 25.0 Å². The van der Waals surface area contributed by atoms with Crippen LogP contribution in [0.3, 0.4) is 0 Å². The Bertz CT molecular complexity index is 1470. The van der Waals surface area contributed by atoms with Crippen LogP contribution in [-0.2, 0) is 22.7 Å². The molecule has 4 rings (SSSR count). The van der Waals surface area contributed by atoms with E-state index in [0.29, 0.717) is 50.2 Å². The summed E-state index contributed by atoms with van der Waals surface area (Å²) in [6, 6.07) is 14.4. The van der Waals surface area contributed by atoms with E-state index in [1.54, 1.807) is 37.5 Å². The molecule has 0 radical (unpaired) electrons. The first kappa shape index (κ1) is 28.2. The van der Waals surface area contributed by atoms with Gasteiger partial charge in [0.1, 0.15) is 28.7 Å². The predicted molar refractivity (Wildman–Crippen MR) is 153 cm³/mol. The molecule has 2 aromatic carbocycles. The van der Waals surface area contributed by atoms with Gasteiger partial charge in [0, 0.05) is 17.5 Å². The van der Waals surface area contributed by atoms with E-state index < -0.39 is 5.97 Å². The Balaban J connectivity index is 1.45. The van der Waals surface area contributed by atoms with Crippen LogP contribution >= 0.6 is 34.7 Å². The minimum Gasteiger partial charge on any atom is -0.497 e. The number of carbonyl (C=O) groups is 2. The maximum atomic E-state index is 12.9. The number of esters is 1. The lowest BCUT2D eigenvalue weighted by molar-refractivity contribution is -0.113. The molecule has 0 aliphatic heterocycles. The third-order valence-corrected chi connectivity index (χ3v) is 7.64. The SMILES string of the molecule is C=CCn1c(COc2ccccc2Cl)nnc1SCC(=O)Nc1scc(-c2ccc(OC)cc2)c1C(=O)OC. The highest BCUT2D eigenvalue weighted by atomic mass is 35.5. The lowest BCUT2D eigenvalue weighted by Crippen LogP contribution is -2.16. The quantitative estimate of drug-likeness (QED) is 0.124. The standard InChI is InChI=1S/C27H25ClN4O5S2/c1-4-13-32-22(14-37-21-8-6-5-7-20(21)28)30-31-27(32)39-16-23(33)29-25-24(26(34)36-3)19(15-38-25)17-9-11-18(35-2)12-10-17/h4-12,15H,1,13-14,16H2,2-3H3,(H,29,33). The van der Waals surface area contributed by atoms with Gasteiger partial charge in [0.25, 0.3) is 0 Å². The number of methoxy groups -OCH3 is 2. The average Bonchev–Trinajstić information content (AvgIpc) is 3.55. The maximum Gasteiger partial charge on any atom is 0.341 e. The first-order valence-corrected chi connectivity index (χ1v) is 13.9. The minimum atomic E-state index is -0.543. The minimum absolute atomic E-state index is 0.0387. The van der Waals surface area contributed by atoms with Gasteiger partial charge in [-0.15, -0.1) is 28.1 Å². The second kappa shape index (κ2) is 13.3. The summed E-state index contributed by atoms with van der Waals surface area (Å²) in [6.07, 6.45) is 1.71. The molecule has 2 heterocycles. The number of hydrogen-bond donors (Lipinski definition) is 1. The molecule has 202 valence electrons. The average molecular weight is 585 g/mol. The van der Waals surface area contributed by atoms with E-state index in [1.165, 1.54) is 30.2 Å². The largest absolute Gasteiger partial charge is 0.497 e. The molecule has 0 unspecified atom stereocenters. The topological polar surface area (TPSA) is 105 Å². The van der Waals surface area contributed by atoms with Gasteiger partial charge in [-0.3, -0.25) is 9.36 Å². The van der Waals surface area contributed by atoms with Crippen molar-refractivity contribution < 1.29 is 23.8 Å². The fraction of sp³-hybridized carbons (Fsp3) is 0.185. The second-order valence-corrected chi connectivity index (χ2v) is 10.2. The van der Waals surface area contributed by atoms with Crippen molar-refractivity contribution >= 4 is 51.6 Å². The van der Waals surface area contributed by atoms with E-state index >= 15 is 0 Å². The van der Waals surface area contributed by atoms with Crippen molar-refractivity contribution in [2.45, 2.75) is 18.3 Å². The number of carbonyl (C=O) groups excluding carboxylic acids is 2. The summed E-state index contributed by atoms with van der Waals surface area (Å²) in [7, 11) is 2.89. The van der Waals surface area contributed by atoms with Crippen LogP contribution in [0.15, 0.2) is 71.7 Å². The Morgan fingerprint density at radius 3 is 2.62 bits per heavy atom. The molecular weight excluding hydrogens is 560 g/mol. The molecular formula is C27H25ClN4O5S2. The van der Waals surface area contributed by atoms with Crippen molar-refractivity contribution in [3.8, 4) is 22.6 Å². The highest BCUT2D eigenvalue weighted by molar-refractivity contribution is 7.99. The van der Waals surface area contributed by atoms with Crippen LogP contribution in [0.5, 0.6) is 11.5 Å². The van der Waals surface area contributed by atoms with Gasteiger partial charge in [-0.1, -0.05) is 53.7 Å². The molecule has 39 heavy (non-hydrogen) atoms. The number of thioether (sulfide) groups is 1. The summed E-state index contributed by atoms with van der Waals surface area (Å²) in [6.45, 7) is 4.37. The van der Waals surface area contributed by atoms with Gasteiger partial charge in [0.15, 0.2) is 11.0 Å². The predicted octanol–water partition coefficient (Wildman–Crippen LogP) is 5.95. The molecule has 0 aliphatic rings. The molecule has 12 heteroatoms. The Morgan fingerprint density at radius 1 is 1.15 bits per heavy atom. The summed E-state index contributed by atoms with van der Waals surface area (Å²) < 4.78 is 17.8. The van der Waals surface area contributed by atoms with Gasteiger partial charge in [-0.05, 0) is 29.8 Å². The summed E-state index contributed by atoms with van der Waals surface area (Å²) in [5, 5.41) is 14.5. The van der Waals surface area contributed by atoms with Crippen molar-refractivity contribution in [2.75, 3.05) is 25.3 Å². The number of halogens is 1. The molecule has 0 fully saturated rings. The van der Waals surface area contributed by atoms with Crippen LogP contribution < -0.4 is 14.8 Å². The lowest BCUT2D eigenvalue weighted by atomic mass is 10.0. The molecule has 1 N–H and O–H groups in total. The zero-order valence-corrected chi connectivity index (χ0v) is 23.6. The Morgan fingerprint density at radius 2 is 1.92 bits per heavy atom. The molecule has 0 atom stereocenters. The number of anilines is 1. The molecule has 2 aromatic heterocycles. The molecule has 0 saturated heterocycles. The Hall–Kier alpha value is -3.80. The van der Waals surface area contributed by atoms with Gasteiger partial charge in [-0.25, -0.2) is 4.79 Å². The highest BCUT2D eigenvalue weighted by Gasteiger charge is 2.23. The number of nitrogens with one attached hydrogen (secondary N) is 1. The highest BCUT2D eigenvalue weighted by Crippen LogP contribution is 2.37. The van der Waals surface area contributed by atoms with Crippen molar-refractivity contribution in [3.05, 3.63) is 83.0 Å². The molecule has 0 bridgehead atoms. The molecule has 0 saturated carbocycles. The van der Waals surface area contributed by atoms with Gasteiger partial charge in [0.2, 0.25) is 5.91 Å². The fourth-order valence-electron chi connectivity index (χ4n) is 3.58. The summed E-state index contributed by atoms with van der Waals surface area (Å²) in [4.78, 5) is 25.5. The number of hydrogen-bond acceptors (Lipinski definition) is 9. The van der Waals surface area contributed by atoms with Crippen LogP contribution in [0.1, 0.15) is 16.2 Å². The van der Waals surface area contributed by atoms with E-state index in [4.69, 9.17) is 25.8 Å². The summed E-state index contributed by atoms with van der Waals surface area (Å²) in [5.74, 6) is 0.980. The van der Waals surface area contributed by atoms with Crippen LogP contribution in [-0.4, -0.2) is 46.6 Å². The van der Waals surface area contributed by atoms with Gasteiger partial charge < -0.3 is 19.5 Å². The van der Waals surface area contributed by atoms with Crippen LogP contribution in [0, 0.1) is 0 Å². The number of aromatic nitrogens is 3. The number of para-hydroxylation sites is 1. The third kappa shape index (κ3) is 6.80. The van der Waals surface area contributed by atoms with E-state index in [0.717, 1.165) is 5.56 Å². The number of amides is 1. The monoisotopic (exact) mass is 584 g/mol. The molecule has 0 spiro atoms. The number of rotatable bonds is 12. The van der Waals surface area contributed by atoms with Crippen molar-refractivity contribution in [1.29, 1.82) is 0 Å². The van der Waals surface area contributed by atoms with E-state index in [-0.39, 0.29) is 18.3 Å². The molecule has 9 nitrogen and oxygen atoms in total. The van der Waals surface area contributed by atoms with E-state index in [2.05, 4.69) is 22.1 Å². The normalized spacial score (nSPS) is 10.6. The number of ether oxygens (including phenoxy) is 3. The number of benzene rings is 2. The number of nitrogens with zero attached hydrogens (tertiary/aromatic N) is 3. The zero-order valence-electron chi connectivity index (χ0n) is 21.2. The molecule has 4 aromatic rings.